The van der Waals surface area contributed by atoms with Gasteiger partial charge in [0.1, 0.15) is 44.3 Å². The summed E-state index contributed by atoms with van der Waals surface area (Å²) in [4.78, 5) is 93.0. The number of esters is 4. The molecule has 3 aliphatic rings. The maximum Gasteiger partial charge on any atom is 0.353 e. The van der Waals surface area contributed by atoms with Gasteiger partial charge in [0.05, 0.1) is 100 Å². The first-order valence-electron chi connectivity index (χ1n) is 47.0. The highest BCUT2D eigenvalue weighted by Gasteiger charge is 2.40. The molecule has 0 amide bonds. The first-order valence-corrected chi connectivity index (χ1v) is 54.0. The third kappa shape index (κ3) is 37.2. The standard InChI is InChI=1S/C28H38ClN3O6.C27H34N2O5S.C25H34ClFN2O4S2.C21H24Cl2O6S3/c1-28(2,3)31(26-6-4-5-22(30-26)13-14-33)18-23-19(11-12-24(23)29)7-8-20-9-10-21(17-25(20)32(36)37)27(35)38-16-15-34;1-18(24(16-32)17-35-26-13-19(2)25(8-9-30)20(3)29-26)12-21-4-5-23(15-28)22(14-21)6-7-27(33)34-11-10-31;1-2-3-6-21(31)17-12-18(14-28-13-17)34-15-19-16(8-9-20(19)26)5-4-7-22-29-24(27)23(35-22)25(32)33-11-10-30;1-27-17-7-14(31-19(17)21(26)29-5-4-24)10-28-9-12-2-3-16(22)15(12)11-30-18-6-13(8-25)20(23)32-18/h4-6,9-10,17,19,23-24,33-34H,7-8,11-16,18H2,1-3H3;4-5,13-14,16,18,24,30-31H,6-12,17H2,1-3H3;12-14,16,19-21,30-31H,2-11,15H2,1H3;3,6-7,12,15,24-25H,2,4-5,8-11H2,1H3/t19-,23+,24?;18-,24-;16-,19+,20?,21?;12-,15-/m0101/s1. The number of thioether (sulfide) groups is 3. The molecule has 8 aromatic rings. The van der Waals surface area contributed by atoms with Crippen molar-refractivity contribution >= 4 is 157 Å². The van der Waals surface area contributed by atoms with Crippen LogP contribution in [0.5, 0.6) is 5.75 Å². The van der Waals surface area contributed by atoms with E-state index < -0.39 is 40.9 Å². The van der Waals surface area contributed by atoms with Gasteiger partial charge < -0.3 is 79.0 Å². The van der Waals surface area contributed by atoms with E-state index in [0.717, 1.165) is 174 Å². The molecule has 0 aliphatic heterocycles. The Bertz CT molecular complexity index is 5310. The molecule has 3 unspecified atom stereocenters. The fourth-order valence-electron chi connectivity index (χ4n) is 16.8. The molecule has 2 fully saturated rings. The highest BCUT2D eigenvalue weighted by Crippen LogP contribution is 2.46. The minimum atomic E-state index is -0.806. The predicted octanol–water partition coefficient (Wildman–Crippen LogP) is 18.9. The van der Waals surface area contributed by atoms with Crippen LogP contribution in [-0.4, -0.2) is 216 Å². The van der Waals surface area contributed by atoms with Crippen LogP contribution in [0.3, 0.4) is 0 Å². The number of aldehydes is 1. The van der Waals surface area contributed by atoms with Crippen molar-refractivity contribution in [2.24, 2.45) is 47.3 Å². The first kappa shape index (κ1) is 118. The van der Waals surface area contributed by atoms with Crippen molar-refractivity contribution in [2.45, 2.75) is 214 Å². The number of alkyl halides is 2. The molecule has 28 nitrogen and oxygen atoms in total. The van der Waals surface area contributed by atoms with Gasteiger partial charge in [-0.05, 0) is 236 Å². The van der Waals surface area contributed by atoms with Crippen LogP contribution in [0.2, 0.25) is 4.34 Å². The van der Waals surface area contributed by atoms with E-state index in [2.05, 4.69) is 53.6 Å². The monoisotopic (exact) mass is 2130 g/mol. The molecule has 140 heavy (non-hydrogen) atoms. The third-order valence-corrected chi connectivity index (χ3v) is 33.0. The van der Waals surface area contributed by atoms with Crippen molar-refractivity contribution in [3.63, 3.8) is 0 Å². The summed E-state index contributed by atoms with van der Waals surface area (Å²) < 4.78 is 46.5. The number of anilines is 1. The summed E-state index contributed by atoms with van der Waals surface area (Å²) in [5, 5.41) is 97.1. The van der Waals surface area contributed by atoms with Crippen molar-refractivity contribution in [3.8, 4) is 11.8 Å². The van der Waals surface area contributed by atoms with Crippen molar-refractivity contribution in [2.75, 3.05) is 108 Å². The number of benzene rings is 2. The molecule has 0 spiro atoms. The second-order valence-electron chi connectivity index (χ2n) is 35.3. The van der Waals surface area contributed by atoms with Gasteiger partial charge in [0.15, 0.2) is 9.75 Å². The number of aromatic nitrogens is 4. The van der Waals surface area contributed by atoms with E-state index in [9.17, 15) is 64.2 Å². The molecule has 11 atom stereocenters. The van der Waals surface area contributed by atoms with Gasteiger partial charge in [-0.2, -0.15) is 9.65 Å². The van der Waals surface area contributed by atoms with Crippen LogP contribution in [0.4, 0.5) is 15.9 Å². The molecule has 3 aliphatic carbocycles. The lowest BCUT2D eigenvalue weighted by Gasteiger charge is -2.40. The number of hydrogen-bond donors (Lipinski definition) is 8. The number of ether oxygens (including phenoxy) is 6. The van der Waals surface area contributed by atoms with Gasteiger partial charge in [0, 0.05) is 134 Å². The Morgan fingerprint density at radius 2 is 1.42 bits per heavy atom. The highest BCUT2D eigenvalue weighted by atomic mass is 35.5. The molecule has 766 valence electrons. The number of nitriles is 1. The number of aliphatic hydroxyl groups excluding tert-OH is 8. The van der Waals surface area contributed by atoms with Gasteiger partial charge in [0.25, 0.3) is 5.69 Å². The summed E-state index contributed by atoms with van der Waals surface area (Å²) in [7, 11) is 1.49. The van der Waals surface area contributed by atoms with Crippen molar-refractivity contribution < 1.29 is 103 Å². The quantitative estimate of drug-likeness (QED) is 0.00334. The van der Waals surface area contributed by atoms with Crippen molar-refractivity contribution in [1.82, 2.24) is 19.9 Å². The average Bonchev–Trinajstić information content (AvgIpc) is 1.64. The number of pyridine rings is 3. The van der Waals surface area contributed by atoms with Crippen LogP contribution in [0.15, 0.2) is 116 Å². The lowest BCUT2D eigenvalue weighted by molar-refractivity contribution is -0.385. The number of aliphatic hydroxyl groups is 8. The molecule has 2 saturated carbocycles. The Morgan fingerprint density at radius 1 is 0.729 bits per heavy atom. The number of rotatable bonds is 52. The molecule has 39 heteroatoms. The number of thiophene rings is 2. The zero-order valence-corrected chi connectivity index (χ0v) is 88.2. The van der Waals surface area contributed by atoms with Crippen LogP contribution in [0.25, 0.3) is 0 Å². The molecule has 0 bridgehead atoms. The Kier molecular flexibility index (Phi) is 51.9. The summed E-state index contributed by atoms with van der Waals surface area (Å²) in [5.74, 6) is 2.01. The minimum absolute atomic E-state index is 0.0101. The summed E-state index contributed by atoms with van der Waals surface area (Å²) in [6.45, 7) is 14.7. The number of unbranched alkanes of at least 4 members (excludes halogenated alkanes) is 1. The number of allylic oxidation sites excluding steroid dienone is 2. The van der Waals surface area contributed by atoms with E-state index in [0.29, 0.717) is 107 Å². The second kappa shape index (κ2) is 61.7. The molecular formula is C101H130Cl4FN7O21S6. The number of halogens is 5. The van der Waals surface area contributed by atoms with Gasteiger partial charge in [0.2, 0.25) is 5.95 Å². The molecule has 8 N–H and O–H groups in total. The maximum atomic E-state index is 14.0. The Hall–Kier alpha value is -7.52. The zero-order valence-electron chi connectivity index (χ0n) is 80.3. The van der Waals surface area contributed by atoms with Crippen LogP contribution < -0.4 is 9.64 Å². The number of nitro benzene ring substituents is 1. The second-order valence-corrected chi connectivity index (χ2v) is 44.2. The van der Waals surface area contributed by atoms with E-state index in [1.807, 2.05) is 81.6 Å². The first-order chi connectivity index (χ1) is 67.2. The molecule has 6 heterocycles. The largest absolute Gasteiger partial charge is 0.495 e. The van der Waals surface area contributed by atoms with Gasteiger partial charge in [-0.25, -0.2) is 29.3 Å². The lowest BCUT2D eigenvalue weighted by Crippen LogP contribution is -2.46. The molecule has 0 radical (unpaired) electrons. The molecule has 2 aromatic carbocycles. The van der Waals surface area contributed by atoms with Gasteiger partial charge in [-0.15, -0.1) is 92.5 Å². The van der Waals surface area contributed by atoms with Crippen molar-refractivity contribution in [1.29, 1.82) is 5.26 Å². The summed E-state index contributed by atoms with van der Waals surface area (Å²) in [5.41, 5.74) is 8.13. The van der Waals surface area contributed by atoms with E-state index >= 15 is 0 Å². The average molecular weight is 2130 g/mol. The van der Waals surface area contributed by atoms with Crippen LogP contribution in [-0.2, 0) is 85.0 Å². The summed E-state index contributed by atoms with van der Waals surface area (Å²) >= 11 is 34.8. The van der Waals surface area contributed by atoms with Gasteiger partial charge in [-0.3, -0.25) is 19.9 Å². The minimum Gasteiger partial charge on any atom is -0.495 e. The van der Waals surface area contributed by atoms with Gasteiger partial charge in [-0.1, -0.05) is 80.2 Å². The van der Waals surface area contributed by atoms with Crippen molar-refractivity contribution in [3.05, 3.63) is 204 Å². The smallest absolute Gasteiger partial charge is 0.353 e. The Labute approximate surface area is 863 Å². The fourth-order valence-corrected chi connectivity index (χ4v) is 25.3. The number of nitro groups is 1. The van der Waals surface area contributed by atoms with Crippen LogP contribution in [0, 0.1) is 88.6 Å². The Balaban J connectivity index is 0.000000229. The number of carbonyl (C=O) groups excluding carboxylic acids is 5. The SMILES string of the molecule is CC(C)(C)N(C[C@H]1C(Cl)CC[C@@H]1CCc1ccc(C(=O)OCCO)cc1[N+](=O)[O-])c1cccc(CCO)n1.CCCCC(O)c1cncc(SC[C@H]2C(Cl)CC[C@@H]2CCCc2nc(F)c(C(=O)OCCO)s2)c1.COc1cc(COC[C@H]2CC=C(Cl)[C@@H]2CSc2cc(CO)c(Cl)s2)sc1C(=O)OCCO.Cc1cc(SC[C@@H](C=O)[C@H](C)Cc2ccc(C#N)c(CCC(=O)OCCO)c2)nc(C)c1CCO. The fraction of sp³-hybridized carbons (Fsp3) is 0.545. The van der Waals surface area contributed by atoms with E-state index in [4.69, 9.17) is 100 Å². The lowest BCUT2D eigenvalue weighted by atomic mass is 9.88. The number of thiazole rings is 1. The normalized spacial score (nSPS) is 17.7. The highest BCUT2D eigenvalue weighted by molar-refractivity contribution is 8.01. The molecule has 6 aromatic heterocycles. The number of hydrogen-bond acceptors (Lipinski definition) is 33. The number of carbonyl (C=O) groups is 5. The number of nitrogens with zero attached hydrogens (tertiary/aromatic N) is 7. The number of methoxy groups -OCH3 is 1. The number of aryl methyl sites for hydroxylation is 5. The zero-order chi connectivity index (χ0) is 102. The molecule has 11 rings (SSSR count). The summed E-state index contributed by atoms with van der Waals surface area (Å²) in [6, 6.07) is 25.7. The summed E-state index contributed by atoms with van der Waals surface area (Å²) in [6.07, 6.45) is 19.5. The molecule has 0 saturated heterocycles. The molecular weight excluding hydrogens is 2000 g/mol. The van der Waals surface area contributed by atoms with Gasteiger partial charge >= 0.3 is 23.9 Å². The maximum absolute atomic E-state index is 14.0. The van der Waals surface area contributed by atoms with Crippen LogP contribution in [0.1, 0.15) is 213 Å². The van der Waals surface area contributed by atoms with E-state index in [1.165, 1.54) is 41.9 Å². The Morgan fingerprint density at radius 3 is 2.07 bits per heavy atom. The third-order valence-electron chi connectivity index (χ3n) is 24.5. The predicted molar refractivity (Wildman–Crippen MR) is 549 cm³/mol. The van der Waals surface area contributed by atoms with E-state index in [1.54, 1.807) is 59.7 Å². The van der Waals surface area contributed by atoms with E-state index in [-0.39, 0.29) is 147 Å². The van der Waals surface area contributed by atoms with Crippen LogP contribution >= 0.6 is 116 Å². The topological polar surface area (TPSA) is 424 Å².